The van der Waals surface area contributed by atoms with Gasteiger partial charge in [-0.1, -0.05) is 95.1 Å². The van der Waals surface area contributed by atoms with Gasteiger partial charge in [0, 0.05) is 47.5 Å². The molecule has 0 amide bonds. The van der Waals surface area contributed by atoms with Gasteiger partial charge in [-0.25, -0.2) is 0 Å². The zero-order chi connectivity index (χ0) is 34.0. The number of unbranched alkanes of at least 4 members (excludes halogenated alkanes) is 2. The quantitative estimate of drug-likeness (QED) is 0.0637. The highest BCUT2D eigenvalue weighted by Crippen LogP contribution is 2.51. The number of allylic oxidation sites excluding steroid dienone is 4. The van der Waals surface area contributed by atoms with Gasteiger partial charge in [-0.05, 0) is 65.6 Å². The predicted molar refractivity (Wildman–Crippen MR) is 196 cm³/mol. The molecular weight excluding hydrogens is 592 g/mol. The summed E-state index contributed by atoms with van der Waals surface area (Å²) < 4.78 is 2.27. The normalized spacial score (nSPS) is 21.4. The van der Waals surface area contributed by atoms with E-state index in [1.165, 1.54) is 21.9 Å². The van der Waals surface area contributed by atoms with Crippen LogP contribution in [0.2, 0.25) is 0 Å². The maximum Gasteiger partial charge on any atom is 0.233 e. The Bertz CT molecular complexity index is 2130. The summed E-state index contributed by atoms with van der Waals surface area (Å²) in [6.45, 7) is 14.5. The van der Waals surface area contributed by atoms with Gasteiger partial charge in [0.15, 0.2) is 11.5 Å². The van der Waals surface area contributed by atoms with Crippen LogP contribution in [0, 0.1) is 5.92 Å². The molecule has 1 aliphatic carbocycles. The van der Waals surface area contributed by atoms with Crippen molar-refractivity contribution in [2.45, 2.75) is 78.1 Å². The molecule has 4 aromatic carbocycles. The van der Waals surface area contributed by atoms with Crippen LogP contribution in [0.4, 0.5) is 11.4 Å². The first kappa shape index (κ1) is 31.9. The Morgan fingerprint density at radius 3 is 2.02 bits per heavy atom. The van der Waals surface area contributed by atoms with Gasteiger partial charge >= 0.3 is 0 Å². The van der Waals surface area contributed by atoms with Crippen molar-refractivity contribution in [1.29, 1.82) is 0 Å². The van der Waals surface area contributed by atoms with E-state index in [1.54, 1.807) is 6.08 Å². The van der Waals surface area contributed by atoms with Crippen molar-refractivity contribution < 1.29 is 19.0 Å². The van der Waals surface area contributed by atoms with Gasteiger partial charge in [0.2, 0.25) is 17.3 Å². The Kier molecular flexibility index (Phi) is 7.85. The molecule has 48 heavy (non-hydrogen) atoms. The van der Waals surface area contributed by atoms with Crippen LogP contribution < -0.4 is 4.90 Å². The summed E-state index contributed by atoms with van der Waals surface area (Å²) in [7, 11) is 0. The van der Waals surface area contributed by atoms with Gasteiger partial charge in [-0.15, -0.1) is 0 Å². The predicted octanol–water partition coefficient (Wildman–Crippen LogP) is 8.91. The standard InChI is InChI=1S/C43H45N2O3/c1-7-9-23-44-33-21-19-27-15-11-13-17-29(27)37(33)42(3,4)35(44)25-31-39(46)32(41(48)40(31)47)26-36-43(5,6)38-30-18-14-12-16-28(30)20-22-34(38)45(36)24-10-8-2/h11-22,25-26,31H,7-10,23-24H2,1-6H3/q+1/b32-26-,35-25+. The SMILES string of the molecule is CCCCN1/C(=C/C2C(=O)C(=O)/C(=C\C3=[N+](CCCC)c4ccc5ccccc5c4C3(C)C)C2=O)C(C)(C)c2c1ccc1ccccc21. The number of carbonyl (C=O) groups is 3. The zero-order valence-electron chi connectivity index (χ0n) is 29.0. The average molecular weight is 638 g/mol. The van der Waals surface area contributed by atoms with E-state index in [-0.39, 0.29) is 5.57 Å². The number of ketones is 3. The summed E-state index contributed by atoms with van der Waals surface area (Å²) in [4.78, 5) is 44.2. The van der Waals surface area contributed by atoms with E-state index in [0.717, 1.165) is 72.3 Å². The molecule has 0 bridgehead atoms. The number of benzene rings is 4. The Labute approximate surface area is 283 Å². The fraction of sp³-hybridized carbons (Fsp3) is 0.349. The van der Waals surface area contributed by atoms with Crippen molar-refractivity contribution in [3.8, 4) is 0 Å². The van der Waals surface area contributed by atoms with Crippen LogP contribution >= 0.6 is 0 Å². The van der Waals surface area contributed by atoms with Crippen molar-refractivity contribution in [3.05, 3.63) is 107 Å². The molecule has 244 valence electrons. The van der Waals surface area contributed by atoms with E-state index in [1.807, 2.05) is 18.2 Å². The molecule has 1 fully saturated rings. The molecule has 0 saturated heterocycles. The van der Waals surface area contributed by atoms with Crippen LogP contribution in [0.3, 0.4) is 0 Å². The first-order chi connectivity index (χ1) is 23.0. The number of carbonyl (C=O) groups excluding carboxylic acids is 3. The second kappa shape index (κ2) is 11.8. The molecule has 2 aliphatic heterocycles. The summed E-state index contributed by atoms with van der Waals surface area (Å²) >= 11 is 0. The third-order valence-corrected chi connectivity index (χ3v) is 10.9. The maximum atomic E-state index is 14.3. The van der Waals surface area contributed by atoms with Crippen molar-refractivity contribution in [1.82, 2.24) is 0 Å². The first-order valence-electron chi connectivity index (χ1n) is 17.6. The van der Waals surface area contributed by atoms with E-state index in [4.69, 9.17) is 0 Å². The van der Waals surface area contributed by atoms with Gasteiger partial charge in [-0.3, -0.25) is 14.4 Å². The van der Waals surface area contributed by atoms with Crippen LogP contribution in [-0.2, 0) is 25.2 Å². The number of anilines is 1. The first-order valence-corrected chi connectivity index (χ1v) is 17.6. The lowest BCUT2D eigenvalue weighted by Gasteiger charge is -2.28. The molecule has 0 N–H and O–H groups in total. The number of nitrogens with zero attached hydrogens (tertiary/aromatic N) is 2. The minimum atomic E-state index is -1.14. The summed E-state index contributed by atoms with van der Waals surface area (Å²) in [5, 5.41) is 4.65. The highest BCUT2D eigenvalue weighted by Gasteiger charge is 2.51. The number of hydrogen-bond donors (Lipinski definition) is 0. The average Bonchev–Trinajstić information content (AvgIpc) is 3.53. The summed E-state index contributed by atoms with van der Waals surface area (Å²) in [6.07, 6.45) is 7.52. The molecule has 7 rings (SSSR count). The summed E-state index contributed by atoms with van der Waals surface area (Å²) in [5.41, 5.74) is 5.46. The molecular formula is C43H45N2O3+. The Hall–Kier alpha value is -4.64. The fourth-order valence-electron chi connectivity index (χ4n) is 8.40. The zero-order valence-corrected chi connectivity index (χ0v) is 29.0. The third kappa shape index (κ3) is 4.73. The lowest BCUT2D eigenvalue weighted by Crippen LogP contribution is -2.29. The topological polar surface area (TPSA) is 57.5 Å². The third-order valence-electron chi connectivity index (χ3n) is 10.9. The molecule has 1 atom stereocenters. The Morgan fingerprint density at radius 2 is 1.35 bits per heavy atom. The van der Waals surface area contributed by atoms with Crippen LogP contribution in [0.5, 0.6) is 0 Å². The minimum Gasteiger partial charge on any atom is -0.344 e. The minimum absolute atomic E-state index is 0.00223. The highest BCUT2D eigenvalue weighted by molar-refractivity contribution is 6.60. The lowest BCUT2D eigenvalue weighted by atomic mass is 9.78. The van der Waals surface area contributed by atoms with E-state index in [2.05, 4.69) is 112 Å². The van der Waals surface area contributed by atoms with Crippen LogP contribution in [0.25, 0.3) is 21.5 Å². The number of hydrogen-bond acceptors (Lipinski definition) is 4. The number of Topliss-reactive ketones (excluding diaryl/α,β-unsaturated/α-hetero) is 3. The summed E-state index contributed by atoms with van der Waals surface area (Å²) in [5.74, 6) is -2.85. The van der Waals surface area contributed by atoms with E-state index < -0.39 is 34.1 Å². The number of rotatable bonds is 8. The molecule has 0 spiro atoms. The second-order valence-corrected chi connectivity index (χ2v) is 14.7. The smallest absolute Gasteiger partial charge is 0.233 e. The number of fused-ring (bicyclic) bond motifs is 6. The summed E-state index contributed by atoms with van der Waals surface area (Å²) in [6, 6.07) is 25.4. The van der Waals surface area contributed by atoms with E-state index in [9.17, 15) is 14.4 Å². The van der Waals surface area contributed by atoms with Gasteiger partial charge in [0.25, 0.3) is 0 Å². The van der Waals surface area contributed by atoms with Gasteiger partial charge < -0.3 is 4.90 Å². The highest BCUT2D eigenvalue weighted by atomic mass is 16.2. The maximum absolute atomic E-state index is 14.3. The monoisotopic (exact) mass is 637 g/mol. The van der Waals surface area contributed by atoms with Crippen LogP contribution in [-0.4, -0.2) is 40.7 Å². The van der Waals surface area contributed by atoms with Crippen LogP contribution in [0.1, 0.15) is 78.4 Å². The van der Waals surface area contributed by atoms with Crippen molar-refractivity contribution in [2.75, 3.05) is 18.0 Å². The molecule has 5 nitrogen and oxygen atoms in total. The molecule has 2 heterocycles. The van der Waals surface area contributed by atoms with Gasteiger partial charge in [0.05, 0.1) is 11.0 Å². The molecule has 1 saturated carbocycles. The molecule has 3 aliphatic rings. The Balaban J connectivity index is 1.34. The van der Waals surface area contributed by atoms with Crippen molar-refractivity contribution in [2.24, 2.45) is 5.92 Å². The van der Waals surface area contributed by atoms with Crippen LogP contribution in [0.15, 0.2) is 96.2 Å². The molecule has 0 radical (unpaired) electrons. The Morgan fingerprint density at radius 1 is 0.729 bits per heavy atom. The van der Waals surface area contributed by atoms with Crippen molar-refractivity contribution >= 4 is 56.0 Å². The second-order valence-electron chi connectivity index (χ2n) is 14.7. The lowest BCUT2D eigenvalue weighted by molar-refractivity contribution is -0.438. The van der Waals surface area contributed by atoms with E-state index in [0.29, 0.717) is 0 Å². The molecule has 1 unspecified atom stereocenters. The van der Waals surface area contributed by atoms with Crippen molar-refractivity contribution in [3.63, 3.8) is 0 Å². The van der Waals surface area contributed by atoms with Gasteiger partial charge in [-0.2, -0.15) is 4.58 Å². The molecule has 0 aromatic heterocycles. The largest absolute Gasteiger partial charge is 0.344 e. The van der Waals surface area contributed by atoms with Gasteiger partial charge in [0.1, 0.15) is 12.5 Å². The molecule has 5 heteroatoms. The molecule has 4 aromatic rings. The van der Waals surface area contributed by atoms with E-state index >= 15 is 0 Å². The fourth-order valence-corrected chi connectivity index (χ4v) is 8.40.